The molecular formula is C76H140N12O8. The van der Waals surface area contributed by atoms with E-state index in [1.165, 1.54) is 39.9 Å². The van der Waals surface area contributed by atoms with Crippen LogP contribution in [0.25, 0.3) is 0 Å². The molecule has 0 aromatic carbocycles. The predicted molar refractivity (Wildman–Crippen MR) is 386 cm³/mol. The fourth-order valence-electron chi connectivity index (χ4n) is 17.4. The largest absolute Gasteiger partial charge is 0.468 e. The Morgan fingerprint density at radius 1 is 0.344 bits per heavy atom. The molecule has 12 aliphatic rings. The van der Waals surface area contributed by atoms with Crippen molar-refractivity contribution in [3.05, 3.63) is 0 Å². The van der Waals surface area contributed by atoms with Crippen LogP contribution in [0.1, 0.15) is 239 Å². The van der Waals surface area contributed by atoms with Crippen LogP contribution in [0, 0.1) is 0 Å². The zero-order valence-electron chi connectivity index (χ0n) is 64.6. The van der Waals surface area contributed by atoms with E-state index in [0.29, 0.717) is 84.0 Å². The van der Waals surface area contributed by atoms with Gasteiger partial charge in [-0.25, -0.2) is 0 Å². The topological polar surface area (TPSA) is 160 Å². The van der Waals surface area contributed by atoms with Gasteiger partial charge in [0.15, 0.2) is 0 Å². The zero-order chi connectivity index (χ0) is 70.8. The Morgan fingerprint density at radius 2 is 0.573 bits per heavy atom. The Labute approximate surface area is 583 Å². The maximum Gasteiger partial charge on any atom is 0.323 e. The first-order chi connectivity index (χ1) is 45.1. The molecule has 0 saturated carbocycles. The minimum absolute atomic E-state index is 0.0448. The van der Waals surface area contributed by atoms with Crippen molar-refractivity contribution in [3.8, 4) is 0 Å². The van der Waals surface area contributed by atoms with E-state index >= 15 is 0 Å². The number of piperidine rings is 6. The van der Waals surface area contributed by atoms with Crippen molar-refractivity contribution in [3.63, 3.8) is 0 Å². The SMILES string of the molecule is CC[C@@H]1CC(=O)N1C1CCN(C(C)(C)C)CC1.CC[C@H]1CC(=O)N1C1CCN(C(C)(C)C)CC1.COC(=O)[C@@H]1CCN1C1CCN(C)CC1.COC(=O)[C@H]1CCN1C1CCN(C)CC1.C[C@@H]1CC(=O)N1C1CCN(C(C)(C)C)CC1.C[C@H]1CC(=O)N1C1CCN(C(C)(C)C)CC1. The number of nitrogens with zero attached hydrogens (tertiary/aromatic N) is 12. The molecule has 4 amide bonds. The van der Waals surface area contributed by atoms with Crippen LogP contribution in [-0.2, 0) is 38.2 Å². The number of hydrogen-bond acceptors (Lipinski definition) is 16. The molecule has 20 heteroatoms. The van der Waals surface area contributed by atoms with E-state index in [9.17, 15) is 28.8 Å². The first-order valence-corrected chi connectivity index (χ1v) is 38.4. The Bertz CT molecular complexity index is 2300. The van der Waals surface area contributed by atoms with Gasteiger partial charge in [-0.3, -0.25) is 58.2 Å². The average molecular weight is 1350 g/mol. The number of hydrogen-bond donors (Lipinski definition) is 0. The molecule has 0 spiro atoms. The average Bonchev–Trinajstić information content (AvgIpc) is 0.807. The lowest BCUT2D eigenvalue weighted by atomic mass is 9.90. The van der Waals surface area contributed by atoms with Crippen molar-refractivity contribution in [1.82, 2.24) is 58.8 Å². The molecule has 0 unspecified atom stereocenters. The van der Waals surface area contributed by atoms with Crippen LogP contribution >= 0.6 is 0 Å². The molecule has 6 atom stereocenters. The van der Waals surface area contributed by atoms with Crippen molar-refractivity contribution in [2.75, 3.05) is 120 Å². The Hall–Kier alpha value is -3.50. The number of methoxy groups -OCH3 is 2. The molecule has 12 fully saturated rings. The summed E-state index contributed by atoms with van der Waals surface area (Å²) < 4.78 is 9.61. The number of esters is 2. The van der Waals surface area contributed by atoms with Gasteiger partial charge >= 0.3 is 11.9 Å². The van der Waals surface area contributed by atoms with E-state index in [1.54, 1.807) is 0 Å². The summed E-state index contributed by atoms with van der Waals surface area (Å²) in [7, 11) is 7.27. The Balaban J connectivity index is 0.000000163. The maximum absolute atomic E-state index is 11.7. The number of carbonyl (C=O) groups excluding carboxylic acids is 6. The third kappa shape index (κ3) is 20.8. The number of ether oxygens (including phenoxy) is 2. The fraction of sp³-hybridized carbons (Fsp3) is 0.921. The molecule has 0 aliphatic carbocycles. The van der Waals surface area contributed by atoms with Crippen molar-refractivity contribution >= 4 is 35.6 Å². The Kier molecular flexibility index (Phi) is 29.0. The highest BCUT2D eigenvalue weighted by Crippen LogP contribution is 2.36. The molecule has 0 bridgehead atoms. The summed E-state index contributed by atoms with van der Waals surface area (Å²) in [5.74, 6) is 1.38. The standard InChI is InChI=1S/2C14H26N2O.2C13H24N2O.2C11H20N2O2/c2*1-5-11-10-13(17)16(11)12-6-8-15(9-7-12)14(2,3)4;2*1-10-9-12(16)15(10)11-5-7-14(8-6-11)13(2,3)4;2*1-12-6-3-9(4-7-12)13-8-5-10(13)11(14)15-2/h2*11-12H,5-10H2,1-4H3;2*10-11H,5-9H2,1-4H3;2*9-10H,3-8H2,1-2H3/t2*11-;4*10-/m101010/s1. The van der Waals surface area contributed by atoms with Crippen LogP contribution in [0.15, 0.2) is 0 Å². The fourth-order valence-corrected chi connectivity index (χ4v) is 17.4. The van der Waals surface area contributed by atoms with Crippen LogP contribution in [-0.4, -0.2) is 309 Å². The third-order valence-electron chi connectivity index (χ3n) is 24.2. The quantitative estimate of drug-likeness (QED) is 0.151. The Morgan fingerprint density at radius 3 is 0.750 bits per heavy atom. The van der Waals surface area contributed by atoms with Gasteiger partial charge in [0.25, 0.3) is 0 Å². The van der Waals surface area contributed by atoms with E-state index in [1.807, 2.05) is 0 Å². The molecule has 0 aromatic rings. The van der Waals surface area contributed by atoms with Crippen LogP contribution in [0.4, 0.5) is 0 Å². The van der Waals surface area contributed by atoms with Crippen molar-refractivity contribution in [1.29, 1.82) is 0 Å². The minimum atomic E-state index is -0.0554. The van der Waals surface area contributed by atoms with E-state index in [2.05, 4.69) is 184 Å². The molecule has 0 radical (unpaired) electrons. The summed E-state index contributed by atoms with van der Waals surface area (Å²) in [6, 6.07) is 5.37. The van der Waals surface area contributed by atoms with Gasteiger partial charge in [0.1, 0.15) is 12.1 Å². The second kappa shape index (κ2) is 34.9. The molecular weight excluding hydrogens is 1210 g/mol. The molecule has 12 rings (SSSR count). The maximum atomic E-state index is 11.7. The summed E-state index contributed by atoms with van der Waals surface area (Å²) >= 11 is 0. The molecule has 12 aliphatic heterocycles. The smallest absolute Gasteiger partial charge is 0.323 e. The second-order valence-corrected chi connectivity index (χ2v) is 34.6. The lowest BCUT2D eigenvalue weighted by Crippen LogP contribution is -2.60. The second-order valence-electron chi connectivity index (χ2n) is 34.6. The predicted octanol–water partition coefficient (Wildman–Crippen LogP) is 8.92. The number of carbonyl (C=O) groups is 6. The molecule has 20 nitrogen and oxygen atoms in total. The van der Waals surface area contributed by atoms with Gasteiger partial charge in [-0.15, -0.1) is 0 Å². The first-order valence-electron chi connectivity index (χ1n) is 38.4. The highest BCUT2D eigenvalue weighted by molar-refractivity contribution is 5.85. The molecule has 12 heterocycles. The first kappa shape index (κ1) is 79.8. The van der Waals surface area contributed by atoms with Gasteiger partial charge < -0.3 is 38.9 Å². The highest BCUT2D eigenvalue weighted by Gasteiger charge is 2.46. The van der Waals surface area contributed by atoms with Crippen molar-refractivity contribution < 1.29 is 38.2 Å². The van der Waals surface area contributed by atoms with Crippen LogP contribution < -0.4 is 0 Å². The summed E-state index contributed by atoms with van der Waals surface area (Å²) in [5, 5.41) is 0. The van der Waals surface area contributed by atoms with E-state index in [-0.39, 0.29) is 46.2 Å². The normalized spacial score (nSPS) is 29.2. The number of likely N-dealkylation sites (tertiary alicyclic amines) is 12. The summed E-state index contributed by atoms with van der Waals surface area (Å²) in [6.07, 6.45) is 21.2. The van der Waals surface area contributed by atoms with Gasteiger partial charge in [0.2, 0.25) is 23.6 Å². The van der Waals surface area contributed by atoms with E-state index < -0.39 is 0 Å². The highest BCUT2D eigenvalue weighted by atomic mass is 16.5. The number of rotatable bonds is 10. The van der Waals surface area contributed by atoms with E-state index in [4.69, 9.17) is 9.47 Å². The lowest BCUT2D eigenvalue weighted by Gasteiger charge is -2.50. The molecule has 12 saturated heterocycles. The molecule has 0 aromatic heterocycles. The number of β-lactam (4-membered cyclic amide) rings is 4. The minimum Gasteiger partial charge on any atom is -0.468 e. The zero-order valence-corrected chi connectivity index (χ0v) is 64.6. The summed E-state index contributed by atoms with van der Waals surface area (Å²) in [4.78, 5) is 97.3. The van der Waals surface area contributed by atoms with Crippen molar-refractivity contribution in [2.24, 2.45) is 0 Å². The molecule has 552 valence electrons. The van der Waals surface area contributed by atoms with Gasteiger partial charge in [-0.2, -0.15) is 0 Å². The number of amides is 4. The molecule has 96 heavy (non-hydrogen) atoms. The van der Waals surface area contributed by atoms with Gasteiger partial charge in [0, 0.05) is 174 Å². The monoisotopic (exact) mass is 1350 g/mol. The third-order valence-corrected chi connectivity index (χ3v) is 24.2. The van der Waals surface area contributed by atoms with Crippen molar-refractivity contribution in [2.45, 2.75) is 334 Å². The van der Waals surface area contributed by atoms with Crippen LogP contribution in [0.5, 0.6) is 0 Å². The van der Waals surface area contributed by atoms with Gasteiger partial charge in [0.05, 0.1) is 14.2 Å². The van der Waals surface area contributed by atoms with Crippen LogP contribution in [0.3, 0.4) is 0 Å². The van der Waals surface area contributed by atoms with Crippen LogP contribution in [0.2, 0.25) is 0 Å². The van der Waals surface area contributed by atoms with Gasteiger partial charge in [-0.05, 0) is 240 Å². The van der Waals surface area contributed by atoms with E-state index in [0.717, 1.165) is 194 Å². The summed E-state index contributed by atoms with van der Waals surface area (Å²) in [6.45, 7) is 51.7. The molecule has 0 N–H and O–H groups in total. The summed E-state index contributed by atoms with van der Waals surface area (Å²) in [5.41, 5.74) is 1.09. The van der Waals surface area contributed by atoms with Gasteiger partial charge in [-0.1, -0.05) is 13.8 Å². The lowest BCUT2D eigenvalue weighted by molar-refractivity contribution is -0.155.